The van der Waals surface area contributed by atoms with Gasteiger partial charge in [-0.15, -0.1) is 11.6 Å². The van der Waals surface area contributed by atoms with Crippen LogP contribution in [0.3, 0.4) is 0 Å². The normalized spacial score (nSPS) is 11.1. The molecule has 2 nitrogen and oxygen atoms in total. The monoisotopic (exact) mass is 324 g/mol. The SMILES string of the molecule is CC(C)c1nc(-c2ccccc2)cn1-c1ccc(CCCl)cc1. The molecule has 0 aliphatic heterocycles. The molecule has 0 radical (unpaired) electrons. The summed E-state index contributed by atoms with van der Waals surface area (Å²) in [4.78, 5) is 4.86. The van der Waals surface area contributed by atoms with Gasteiger partial charge in [-0.1, -0.05) is 56.3 Å². The Kier molecular flexibility index (Phi) is 4.82. The van der Waals surface area contributed by atoms with Crippen molar-refractivity contribution < 1.29 is 0 Å². The molecular weight excluding hydrogens is 304 g/mol. The highest BCUT2D eigenvalue weighted by Gasteiger charge is 2.13. The molecule has 118 valence electrons. The summed E-state index contributed by atoms with van der Waals surface area (Å²) < 4.78 is 2.19. The highest BCUT2D eigenvalue weighted by molar-refractivity contribution is 6.17. The number of halogens is 1. The van der Waals surface area contributed by atoms with Crippen molar-refractivity contribution in [3.8, 4) is 16.9 Å². The zero-order valence-electron chi connectivity index (χ0n) is 13.5. The average Bonchev–Trinajstić information content (AvgIpc) is 3.02. The first-order valence-electron chi connectivity index (χ1n) is 7.99. The predicted octanol–water partition coefficient (Wildman–Crippen LogP) is 5.44. The number of aromatic nitrogens is 2. The van der Waals surface area contributed by atoms with E-state index in [1.807, 2.05) is 18.2 Å². The van der Waals surface area contributed by atoms with E-state index in [4.69, 9.17) is 16.6 Å². The number of rotatable bonds is 5. The van der Waals surface area contributed by atoms with Crippen LogP contribution in [-0.2, 0) is 6.42 Å². The summed E-state index contributed by atoms with van der Waals surface area (Å²) in [6.07, 6.45) is 3.03. The molecule has 0 unspecified atom stereocenters. The first-order chi connectivity index (χ1) is 11.2. The molecule has 0 bridgehead atoms. The summed E-state index contributed by atoms with van der Waals surface area (Å²) in [5, 5.41) is 0. The van der Waals surface area contributed by atoms with Crippen molar-refractivity contribution >= 4 is 11.6 Å². The van der Waals surface area contributed by atoms with Gasteiger partial charge in [0.05, 0.1) is 5.69 Å². The van der Waals surface area contributed by atoms with Gasteiger partial charge in [0.25, 0.3) is 0 Å². The largest absolute Gasteiger partial charge is 0.303 e. The Morgan fingerprint density at radius 1 is 1.00 bits per heavy atom. The first kappa shape index (κ1) is 15.8. The molecule has 3 aromatic rings. The van der Waals surface area contributed by atoms with Crippen molar-refractivity contribution in [2.75, 3.05) is 5.88 Å². The number of imidazole rings is 1. The minimum atomic E-state index is 0.356. The second kappa shape index (κ2) is 7.01. The summed E-state index contributed by atoms with van der Waals surface area (Å²) in [5.41, 5.74) is 4.56. The third-order valence-electron chi connectivity index (χ3n) is 3.92. The van der Waals surface area contributed by atoms with Crippen molar-refractivity contribution in [2.24, 2.45) is 0 Å². The van der Waals surface area contributed by atoms with Crippen LogP contribution in [-0.4, -0.2) is 15.4 Å². The molecule has 3 rings (SSSR count). The highest BCUT2D eigenvalue weighted by Crippen LogP contribution is 2.25. The van der Waals surface area contributed by atoms with E-state index in [2.05, 4.69) is 61.0 Å². The standard InChI is InChI=1S/C20H21ClN2/c1-15(2)20-22-19(17-6-4-3-5-7-17)14-23(20)18-10-8-16(9-11-18)12-13-21/h3-11,14-15H,12-13H2,1-2H3. The summed E-state index contributed by atoms with van der Waals surface area (Å²) in [7, 11) is 0. The minimum Gasteiger partial charge on any atom is -0.303 e. The van der Waals surface area contributed by atoms with Gasteiger partial charge in [-0.3, -0.25) is 0 Å². The van der Waals surface area contributed by atoms with E-state index in [1.54, 1.807) is 0 Å². The smallest absolute Gasteiger partial charge is 0.116 e. The number of nitrogens with zero attached hydrogens (tertiary/aromatic N) is 2. The molecular formula is C20H21ClN2. The van der Waals surface area contributed by atoms with Gasteiger partial charge in [-0.05, 0) is 24.1 Å². The molecule has 1 heterocycles. The number of alkyl halides is 1. The Hall–Kier alpha value is -2.06. The molecule has 2 aromatic carbocycles. The Bertz CT molecular complexity index is 758. The van der Waals surface area contributed by atoms with Gasteiger partial charge in [0.15, 0.2) is 0 Å². The molecule has 0 aliphatic rings. The van der Waals surface area contributed by atoms with Crippen molar-refractivity contribution in [1.82, 2.24) is 9.55 Å². The molecule has 0 amide bonds. The van der Waals surface area contributed by atoms with E-state index in [9.17, 15) is 0 Å². The fourth-order valence-electron chi connectivity index (χ4n) is 2.69. The van der Waals surface area contributed by atoms with Crippen LogP contribution in [0, 0.1) is 0 Å². The van der Waals surface area contributed by atoms with Crippen molar-refractivity contribution in [2.45, 2.75) is 26.2 Å². The van der Waals surface area contributed by atoms with Crippen molar-refractivity contribution in [3.05, 3.63) is 72.2 Å². The lowest BCUT2D eigenvalue weighted by Crippen LogP contribution is -2.02. The van der Waals surface area contributed by atoms with Gasteiger partial charge in [0.1, 0.15) is 5.82 Å². The molecule has 0 N–H and O–H groups in total. The molecule has 0 aliphatic carbocycles. The maximum atomic E-state index is 5.82. The average molecular weight is 325 g/mol. The molecule has 1 aromatic heterocycles. The van der Waals surface area contributed by atoms with Crippen LogP contribution in [0.25, 0.3) is 16.9 Å². The summed E-state index contributed by atoms with van der Waals surface area (Å²) in [5.74, 6) is 2.09. The van der Waals surface area contributed by atoms with Gasteiger partial charge in [0.2, 0.25) is 0 Å². The second-order valence-corrected chi connectivity index (χ2v) is 6.36. The third kappa shape index (κ3) is 3.48. The quantitative estimate of drug-likeness (QED) is 0.571. The minimum absolute atomic E-state index is 0.356. The number of hydrogen-bond donors (Lipinski definition) is 0. The van der Waals surface area contributed by atoms with Crippen molar-refractivity contribution in [3.63, 3.8) is 0 Å². The lowest BCUT2D eigenvalue weighted by molar-refractivity contribution is 0.752. The number of aryl methyl sites for hydroxylation is 1. The van der Waals surface area contributed by atoms with Gasteiger partial charge in [-0.25, -0.2) is 4.98 Å². The fraction of sp³-hybridized carbons (Fsp3) is 0.250. The van der Waals surface area contributed by atoms with Crippen LogP contribution in [0.1, 0.15) is 31.2 Å². The molecule has 0 atom stereocenters. The maximum absolute atomic E-state index is 5.82. The van der Waals surface area contributed by atoms with Crippen molar-refractivity contribution in [1.29, 1.82) is 0 Å². The van der Waals surface area contributed by atoms with E-state index >= 15 is 0 Å². The summed E-state index contributed by atoms with van der Waals surface area (Å²) >= 11 is 5.82. The Morgan fingerprint density at radius 2 is 1.70 bits per heavy atom. The Morgan fingerprint density at radius 3 is 2.30 bits per heavy atom. The van der Waals surface area contributed by atoms with Gasteiger partial charge >= 0.3 is 0 Å². The Labute approximate surface area is 142 Å². The number of benzene rings is 2. The zero-order valence-corrected chi connectivity index (χ0v) is 14.3. The van der Waals surface area contributed by atoms with E-state index < -0.39 is 0 Å². The Balaban J connectivity index is 2.02. The van der Waals surface area contributed by atoms with Gasteiger partial charge in [0, 0.05) is 29.2 Å². The van der Waals surface area contributed by atoms with E-state index in [-0.39, 0.29) is 0 Å². The number of hydrogen-bond acceptors (Lipinski definition) is 1. The lowest BCUT2D eigenvalue weighted by atomic mass is 10.1. The molecule has 0 saturated heterocycles. The first-order valence-corrected chi connectivity index (χ1v) is 8.52. The predicted molar refractivity (Wildman–Crippen MR) is 97.5 cm³/mol. The van der Waals surface area contributed by atoms with Crippen LogP contribution in [0.15, 0.2) is 60.8 Å². The second-order valence-electron chi connectivity index (χ2n) is 5.98. The van der Waals surface area contributed by atoms with Crippen LogP contribution in [0.5, 0.6) is 0 Å². The summed E-state index contributed by atoms with van der Waals surface area (Å²) in [6.45, 7) is 4.35. The lowest BCUT2D eigenvalue weighted by Gasteiger charge is -2.10. The zero-order chi connectivity index (χ0) is 16.2. The van der Waals surface area contributed by atoms with E-state index in [0.717, 1.165) is 29.2 Å². The fourth-order valence-corrected chi connectivity index (χ4v) is 2.91. The maximum Gasteiger partial charge on any atom is 0.116 e. The van der Waals surface area contributed by atoms with Gasteiger partial charge in [-0.2, -0.15) is 0 Å². The molecule has 23 heavy (non-hydrogen) atoms. The molecule has 3 heteroatoms. The molecule has 0 fully saturated rings. The van der Waals surface area contributed by atoms with E-state index in [0.29, 0.717) is 11.8 Å². The van der Waals surface area contributed by atoms with E-state index in [1.165, 1.54) is 5.56 Å². The highest BCUT2D eigenvalue weighted by atomic mass is 35.5. The van der Waals surface area contributed by atoms with Crippen LogP contribution < -0.4 is 0 Å². The van der Waals surface area contributed by atoms with Gasteiger partial charge < -0.3 is 4.57 Å². The topological polar surface area (TPSA) is 17.8 Å². The summed E-state index contributed by atoms with van der Waals surface area (Å²) in [6, 6.07) is 18.9. The van der Waals surface area contributed by atoms with Crippen LogP contribution >= 0.6 is 11.6 Å². The molecule has 0 spiro atoms. The molecule has 0 saturated carbocycles. The third-order valence-corrected chi connectivity index (χ3v) is 4.11. The van der Waals surface area contributed by atoms with Crippen LogP contribution in [0.4, 0.5) is 0 Å². The van der Waals surface area contributed by atoms with Crippen LogP contribution in [0.2, 0.25) is 0 Å².